The predicted octanol–water partition coefficient (Wildman–Crippen LogP) is 0.815. The lowest BCUT2D eigenvalue weighted by atomic mass is 10.2. The molecule has 10 heteroatoms. The molecule has 28 heavy (non-hydrogen) atoms. The zero-order valence-corrected chi connectivity index (χ0v) is 16.5. The summed E-state index contributed by atoms with van der Waals surface area (Å²) in [5, 5.41) is 10.6. The summed E-state index contributed by atoms with van der Waals surface area (Å²) in [7, 11) is -0.719. The number of hydrogen-bond acceptors (Lipinski definition) is 6. The van der Waals surface area contributed by atoms with Crippen molar-refractivity contribution in [3.8, 4) is 0 Å². The standard InChI is InChI=1S/C18H21N5O4S/c1-13(18(24)19-12-14-7-5-4-6-8-14)27-23-17-11-15(28(25,26)22(2)3)9-10-16(17)20-21-23/h4-11,13H,12H2,1-3H3,(H,19,24)/t13-/m1/s1. The Morgan fingerprint density at radius 2 is 1.93 bits per heavy atom. The fourth-order valence-electron chi connectivity index (χ4n) is 2.45. The average Bonchev–Trinajstić information content (AvgIpc) is 3.08. The van der Waals surface area contributed by atoms with Gasteiger partial charge < -0.3 is 10.2 Å². The number of hydrogen-bond donors (Lipinski definition) is 1. The Bertz CT molecular complexity index is 1080. The third-order valence-corrected chi connectivity index (χ3v) is 5.91. The van der Waals surface area contributed by atoms with Crippen LogP contribution in [0.2, 0.25) is 0 Å². The highest BCUT2D eigenvalue weighted by molar-refractivity contribution is 7.89. The van der Waals surface area contributed by atoms with Gasteiger partial charge in [0.15, 0.2) is 0 Å². The van der Waals surface area contributed by atoms with Gasteiger partial charge in [-0.1, -0.05) is 35.2 Å². The van der Waals surface area contributed by atoms with Gasteiger partial charge in [-0.3, -0.25) is 4.79 Å². The number of nitrogens with one attached hydrogen (secondary N) is 1. The lowest BCUT2D eigenvalue weighted by molar-refractivity contribution is -0.133. The molecule has 0 radical (unpaired) electrons. The molecule has 1 heterocycles. The highest BCUT2D eigenvalue weighted by Crippen LogP contribution is 2.19. The molecule has 1 aromatic heterocycles. The molecule has 0 unspecified atom stereocenters. The van der Waals surface area contributed by atoms with Crippen molar-refractivity contribution in [1.82, 2.24) is 24.8 Å². The Hall–Kier alpha value is -2.98. The number of fused-ring (bicyclic) bond motifs is 1. The van der Waals surface area contributed by atoms with Crippen molar-refractivity contribution >= 4 is 27.0 Å². The van der Waals surface area contributed by atoms with E-state index < -0.39 is 16.1 Å². The van der Waals surface area contributed by atoms with Crippen molar-refractivity contribution in [2.24, 2.45) is 0 Å². The second-order valence-electron chi connectivity index (χ2n) is 6.35. The summed E-state index contributed by atoms with van der Waals surface area (Å²) in [5.41, 5.74) is 1.77. The van der Waals surface area contributed by atoms with Crippen LogP contribution in [0.5, 0.6) is 0 Å². The summed E-state index contributed by atoms with van der Waals surface area (Å²) in [6.07, 6.45) is -0.859. The van der Waals surface area contributed by atoms with Gasteiger partial charge in [-0.2, -0.15) is 0 Å². The Kier molecular flexibility index (Phi) is 5.61. The molecule has 0 saturated carbocycles. The first-order valence-electron chi connectivity index (χ1n) is 8.56. The van der Waals surface area contributed by atoms with Crippen LogP contribution in [0.25, 0.3) is 11.0 Å². The molecule has 1 atom stereocenters. The van der Waals surface area contributed by atoms with E-state index in [4.69, 9.17) is 4.84 Å². The SMILES string of the molecule is C[C@@H](On1nnc2ccc(S(=O)(=O)N(C)C)cc21)C(=O)NCc1ccccc1. The molecule has 0 aliphatic rings. The zero-order valence-electron chi connectivity index (χ0n) is 15.7. The van der Waals surface area contributed by atoms with Crippen molar-refractivity contribution in [3.05, 3.63) is 54.1 Å². The minimum absolute atomic E-state index is 0.0818. The number of rotatable bonds is 7. The van der Waals surface area contributed by atoms with Crippen LogP contribution in [-0.4, -0.2) is 54.0 Å². The summed E-state index contributed by atoms with van der Waals surface area (Å²) in [4.78, 5) is 19.0. The number of sulfonamides is 1. The first-order valence-corrected chi connectivity index (χ1v) is 10.00. The van der Waals surface area contributed by atoms with Crippen LogP contribution >= 0.6 is 0 Å². The van der Waals surface area contributed by atoms with E-state index in [-0.39, 0.29) is 10.8 Å². The number of nitrogens with zero attached hydrogens (tertiary/aromatic N) is 4. The summed E-state index contributed by atoms with van der Waals surface area (Å²) in [6.45, 7) is 1.95. The van der Waals surface area contributed by atoms with Gasteiger partial charge in [-0.15, -0.1) is 5.10 Å². The fraction of sp³-hybridized carbons (Fsp3) is 0.278. The van der Waals surface area contributed by atoms with Crippen molar-refractivity contribution in [3.63, 3.8) is 0 Å². The van der Waals surface area contributed by atoms with Gasteiger partial charge in [-0.05, 0) is 35.9 Å². The largest absolute Gasteiger partial charge is 0.382 e. The molecule has 0 spiro atoms. The highest BCUT2D eigenvalue weighted by atomic mass is 32.2. The molecular formula is C18H21N5O4S. The van der Waals surface area contributed by atoms with E-state index in [0.29, 0.717) is 17.6 Å². The molecule has 148 valence electrons. The molecule has 0 aliphatic heterocycles. The van der Waals surface area contributed by atoms with E-state index >= 15 is 0 Å². The van der Waals surface area contributed by atoms with Crippen LogP contribution in [0.15, 0.2) is 53.4 Å². The first-order chi connectivity index (χ1) is 13.3. The van der Waals surface area contributed by atoms with E-state index in [0.717, 1.165) is 14.7 Å². The smallest absolute Gasteiger partial charge is 0.263 e. The minimum atomic E-state index is -3.62. The number of amides is 1. The molecular weight excluding hydrogens is 382 g/mol. The Balaban J connectivity index is 1.75. The summed E-state index contributed by atoms with van der Waals surface area (Å²) < 4.78 is 25.8. The Morgan fingerprint density at radius 3 is 2.61 bits per heavy atom. The lowest BCUT2D eigenvalue weighted by Gasteiger charge is -2.14. The maximum absolute atomic E-state index is 12.3. The minimum Gasteiger partial charge on any atom is -0.382 e. The van der Waals surface area contributed by atoms with E-state index in [9.17, 15) is 13.2 Å². The number of carbonyl (C=O) groups is 1. The van der Waals surface area contributed by atoms with E-state index in [1.165, 1.54) is 26.2 Å². The molecule has 1 amide bonds. The summed E-state index contributed by atoms with van der Waals surface area (Å²) in [5.74, 6) is -0.329. The first kappa shape index (κ1) is 19.8. The summed E-state index contributed by atoms with van der Waals surface area (Å²) >= 11 is 0. The fourth-order valence-corrected chi connectivity index (χ4v) is 3.38. The average molecular weight is 403 g/mol. The van der Waals surface area contributed by atoms with Crippen LogP contribution in [0.1, 0.15) is 12.5 Å². The van der Waals surface area contributed by atoms with Gasteiger partial charge in [0, 0.05) is 20.6 Å². The van der Waals surface area contributed by atoms with Gasteiger partial charge in [0.25, 0.3) is 5.91 Å². The lowest BCUT2D eigenvalue weighted by Crippen LogP contribution is -2.39. The second kappa shape index (κ2) is 7.95. The normalized spacial score (nSPS) is 12.9. The number of benzene rings is 2. The van der Waals surface area contributed by atoms with Crippen molar-refractivity contribution in [1.29, 1.82) is 0 Å². The van der Waals surface area contributed by atoms with Gasteiger partial charge >= 0.3 is 0 Å². The Labute approximate surface area is 162 Å². The van der Waals surface area contributed by atoms with E-state index in [1.807, 2.05) is 30.3 Å². The monoisotopic (exact) mass is 403 g/mol. The predicted molar refractivity (Wildman–Crippen MR) is 103 cm³/mol. The topological polar surface area (TPSA) is 106 Å². The molecule has 0 bridgehead atoms. The van der Waals surface area contributed by atoms with E-state index in [2.05, 4.69) is 15.6 Å². The van der Waals surface area contributed by atoms with Gasteiger partial charge in [0.1, 0.15) is 11.0 Å². The number of aromatic nitrogens is 3. The second-order valence-corrected chi connectivity index (χ2v) is 8.50. The third kappa shape index (κ3) is 4.12. The van der Waals surface area contributed by atoms with Crippen molar-refractivity contribution < 1.29 is 18.0 Å². The third-order valence-electron chi connectivity index (χ3n) is 4.10. The molecule has 0 aliphatic carbocycles. The van der Waals surface area contributed by atoms with Gasteiger partial charge in [0.05, 0.1) is 4.90 Å². The van der Waals surface area contributed by atoms with Crippen LogP contribution in [0.3, 0.4) is 0 Å². The van der Waals surface area contributed by atoms with Gasteiger partial charge in [0.2, 0.25) is 16.1 Å². The number of carbonyl (C=O) groups excluding carboxylic acids is 1. The maximum atomic E-state index is 12.3. The molecule has 2 aromatic carbocycles. The van der Waals surface area contributed by atoms with E-state index in [1.54, 1.807) is 13.0 Å². The molecule has 1 N–H and O–H groups in total. The maximum Gasteiger partial charge on any atom is 0.263 e. The molecule has 3 rings (SSSR count). The zero-order chi connectivity index (χ0) is 20.3. The van der Waals surface area contributed by atoms with Crippen LogP contribution in [0, 0.1) is 0 Å². The van der Waals surface area contributed by atoms with Crippen molar-refractivity contribution in [2.45, 2.75) is 24.5 Å². The van der Waals surface area contributed by atoms with Crippen LogP contribution in [-0.2, 0) is 21.4 Å². The Morgan fingerprint density at radius 1 is 1.21 bits per heavy atom. The van der Waals surface area contributed by atoms with Crippen LogP contribution in [0.4, 0.5) is 0 Å². The molecule has 9 nitrogen and oxygen atoms in total. The van der Waals surface area contributed by atoms with Crippen LogP contribution < -0.4 is 10.2 Å². The van der Waals surface area contributed by atoms with Gasteiger partial charge in [-0.25, -0.2) is 12.7 Å². The quantitative estimate of drug-likeness (QED) is 0.626. The van der Waals surface area contributed by atoms with Crippen molar-refractivity contribution in [2.75, 3.05) is 14.1 Å². The summed E-state index contributed by atoms with van der Waals surface area (Å²) in [6, 6.07) is 13.9. The molecule has 0 saturated heterocycles. The molecule has 3 aromatic rings. The highest BCUT2D eigenvalue weighted by Gasteiger charge is 2.21. The molecule has 0 fully saturated rings.